The van der Waals surface area contributed by atoms with Gasteiger partial charge < -0.3 is 5.32 Å². The first-order valence-electron chi connectivity index (χ1n) is 6.13. The van der Waals surface area contributed by atoms with E-state index in [0.29, 0.717) is 16.1 Å². The van der Waals surface area contributed by atoms with Gasteiger partial charge in [0.05, 0.1) is 16.5 Å². The van der Waals surface area contributed by atoms with Gasteiger partial charge in [0.1, 0.15) is 0 Å². The third-order valence-electron chi connectivity index (χ3n) is 2.96. The molecule has 0 aromatic heterocycles. The molecule has 0 spiro atoms. The summed E-state index contributed by atoms with van der Waals surface area (Å²) >= 11 is 6.10. The maximum Gasteiger partial charge on any atom is 0.175 e. The van der Waals surface area contributed by atoms with Crippen molar-refractivity contribution in [3.63, 3.8) is 0 Å². The quantitative estimate of drug-likeness (QED) is 0.939. The lowest BCUT2D eigenvalue weighted by atomic mass is 10.2. The largest absolute Gasteiger partial charge is 0.381 e. The van der Waals surface area contributed by atoms with Gasteiger partial charge in [-0.25, -0.2) is 8.42 Å². The molecule has 2 aromatic rings. The topological polar surface area (TPSA) is 70.0 Å². The van der Waals surface area contributed by atoms with Crippen LogP contribution in [0.15, 0.2) is 47.4 Å². The Hall–Kier alpha value is -2.03. The number of rotatable bonds is 4. The first-order chi connectivity index (χ1) is 9.91. The van der Waals surface area contributed by atoms with Gasteiger partial charge in [0.15, 0.2) is 9.84 Å². The predicted molar refractivity (Wildman–Crippen MR) is 83.0 cm³/mol. The van der Waals surface area contributed by atoms with E-state index in [9.17, 15) is 8.42 Å². The fraction of sp³-hybridized carbons (Fsp3) is 0.133. The summed E-state index contributed by atoms with van der Waals surface area (Å²) in [6, 6.07) is 13.7. The fourth-order valence-electron chi connectivity index (χ4n) is 1.91. The monoisotopic (exact) mass is 320 g/mol. The van der Waals surface area contributed by atoms with Gasteiger partial charge in [-0.05, 0) is 36.4 Å². The van der Waals surface area contributed by atoms with Gasteiger partial charge >= 0.3 is 0 Å². The van der Waals surface area contributed by atoms with Gasteiger partial charge in [-0.1, -0.05) is 17.7 Å². The summed E-state index contributed by atoms with van der Waals surface area (Å²) in [5.41, 5.74) is 1.88. The van der Waals surface area contributed by atoms with Crippen LogP contribution in [0.5, 0.6) is 0 Å². The van der Waals surface area contributed by atoms with Crippen LogP contribution in [0.3, 0.4) is 0 Å². The Bertz CT molecular complexity index is 793. The lowest BCUT2D eigenvalue weighted by Gasteiger charge is -2.12. The number of nitrogens with zero attached hydrogens (tertiary/aromatic N) is 1. The average Bonchev–Trinajstić information content (AvgIpc) is 2.45. The molecule has 1 N–H and O–H groups in total. The molecule has 0 fully saturated rings. The second kappa shape index (κ2) is 6.17. The molecule has 0 aliphatic rings. The average molecular weight is 321 g/mol. The van der Waals surface area contributed by atoms with Crippen LogP contribution < -0.4 is 5.32 Å². The number of halogens is 1. The van der Waals surface area contributed by atoms with Crippen molar-refractivity contribution in [2.45, 2.75) is 11.4 Å². The highest BCUT2D eigenvalue weighted by molar-refractivity contribution is 7.90. The molecule has 0 atom stereocenters. The molecule has 0 saturated heterocycles. The molecule has 2 aromatic carbocycles. The normalized spacial score (nSPS) is 10.9. The van der Waals surface area contributed by atoms with E-state index >= 15 is 0 Å². The molecular formula is C15H13ClN2O2S. The van der Waals surface area contributed by atoms with E-state index < -0.39 is 9.84 Å². The molecule has 2 rings (SSSR count). The van der Waals surface area contributed by atoms with E-state index in [1.54, 1.807) is 36.4 Å². The Morgan fingerprint density at radius 2 is 1.86 bits per heavy atom. The Morgan fingerprint density at radius 1 is 1.19 bits per heavy atom. The molecule has 0 heterocycles. The Balaban J connectivity index is 2.26. The molecular weight excluding hydrogens is 308 g/mol. The van der Waals surface area contributed by atoms with Crippen molar-refractivity contribution in [2.75, 3.05) is 11.6 Å². The molecule has 0 aliphatic carbocycles. The van der Waals surface area contributed by atoms with Crippen molar-refractivity contribution in [3.05, 3.63) is 58.6 Å². The first-order valence-corrected chi connectivity index (χ1v) is 8.40. The van der Waals surface area contributed by atoms with E-state index in [4.69, 9.17) is 16.9 Å². The standard InChI is InChI=1S/C15H13ClN2O2S/c1-21(19,20)15-4-2-3-14(16)13(15)10-18-12-7-5-11(9-17)6-8-12/h2-8,18H,10H2,1H3. The summed E-state index contributed by atoms with van der Waals surface area (Å²) in [6.45, 7) is 0.286. The third kappa shape index (κ3) is 3.75. The number of anilines is 1. The maximum absolute atomic E-state index is 11.8. The molecule has 108 valence electrons. The van der Waals surface area contributed by atoms with Crippen LogP contribution in [0.2, 0.25) is 5.02 Å². The van der Waals surface area contributed by atoms with Crippen LogP contribution in [-0.2, 0) is 16.4 Å². The highest BCUT2D eigenvalue weighted by Gasteiger charge is 2.15. The minimum Gasteiger partial charge on any atom is -0.381 e. The van der Waals surface area contributed by atoms with E-state index in [-0.39, 0.29) is 11.4 Å². The number of nitrogens with one attached hydrogen (secondary N) is 1. The zero-order valence-corrected chi connectivity index (χ0v) is 12.9. The predicted octanol–water partition coefficient (Wildman–Crippen LogP) is 3.23. The summed E-state index contributed by atoms with van der Waals surface area (Å²) in [5.74, 6) is 0. The lowest BCUT2D eigenvalue weighted by Crippen LogP contribution is -2.07. The van der Waals surface area contributed by atoms with E-state index in [0.717, 1.165) is 11.9 Å². The van der Waals surface area contributed by atoms with Gasteiger partial charge in [-0.15, -0.1) is 0 Å². The molecule has 0 aliphatic heterocycles. The SMILES string of the molecule is CS(=O)(=O)c1cccc(Cl)c1CNc1ccc(C#N)cc1. The van der Waals surface area contributed by atoms with Gasteiger partial charge in [0.2, 0.25) is 0 Å². The summed E-state index contributed by atoms with van der Waals surface area (Å²) in [6.07, 6.45) is 1.16. The number of hydrogen-bond donors (Lipinski definition) is 1. The highest BCUT2D eigenvalue weighted by Crippen LogP contribution is 2.25. The van der Waals surface area contributed by atoms with E-state index in [1.165, 1.54) is 6.07 Å². The minimum atomic E-state index is -3.34. The number of benzene rings is 2. The summed E-state index contributed by atoms with van der Waals surface area (Å²) in [5, 5.41) is 12.3. The smallest absolute Gasteiger partial charge is 0.175 e. The van der Waals surface area contributed by atoms with Gasteiger partial charge in [0.25, 0.3) is 0 Å². The van der Waals surface area contributed by atoms with Crippen molar-refractivity contribution in [1.82, 2.24) is 0 Å². The second-order valence-corrected chi connectivity index (χ2v) is 6.92. The highest BCUT2D eigenvalue weighted by atomic mass is 35.5. The van der Waals surface area contributed by atoms with E-state index in [2.05, 4.69) is 5.32 Å². The van der Waals surface area contributed by atoms with Crippen LogP contribution in [0.1, 0.15) is 11.1 Å². The number of hydrogen-bond acceptors (Lipinski definition) is 4. The van der Waals surface area contributed by atoms with Crippen molar-refractivity contribution >= 4 is 27.1 Å². The Morgan fingerprint density at radius 3 is 2.43 bits per heavy atom. The lowest BCUT2D eigenvalue weighted by molar-refractivity contribution is 0.601. The van der Waals surface area contributed by atoms with Gasteiger partial charge in [-0.2, -0.15) is 5.26 Å². The number of nitriles is 1. The second-order valence-electron chi connectivity index (χ2n) is 4.53. The Kier molecular flexibility index (Phi) is 4.51. The molecule has 4 nitrogen and oxygen atoms in total. The molecule has 0 unspecified atom stereocenters. The third-order valence-corrected chi connectivity index (χ3v) is 4.49. The molecule has 0 saturated carbocycles. The van der Waals surface area contributed by atoms with Gasteiger partial charge in [0, 0.05) is 29.1 Å². The van der Waals surface area contributed by atoms with Crippen molar-refractivity contribution in [3.8, 4) is 6.07 Å². The van der Waals surface area contributed by atoms with Crippen LogP contribution in [0.4, 0.5) is 5.69 Å². The number of sulfone groups is 1. The van der Waals surface area contributed by atoms with Crippen molar-refractivity contribution in [2.24, 2.45) is 0 Å². The molecule has 0 bridgehead atoms. The summed E-state index contributed by atoms with van der Waals surface area (Å²) in [4.78, 5) is 0.219. The first kappa shape index (κ1) is 15.4. The zero-order chi connectivity index (χ0) is 15.5. The van der Waals surface area contributed by atoms with Crippen LogP contribution in [0.25, 0.3) is 0 Å². The zero-order valence-electron chi connectivity index (χ0n) is 11.3. The van der Waals surface area contributed by atoms with E-state index in [1.807, 2.05) is 6.07 Å². The van der Waals surface area contributed by atoms with Crippen LogP contribution in [-0.4, -0.2) is 14.7 Å². The fourth-order valence-corrected chi connectivity index (χ4v) is 3.16. The maximum atomic E-state index is 11.8. The van der Waals surface area contributed by atoms with Crippen LogP contribution >= 0.6 is 11.6 Å². The molecule has 21 heavy (non-hydrogen) atoms. The van der Waals surface area contributed by atoms with Crippen molar-refractivity contribution in [1.29, 1.82) is 5.26 Å². The molecule has 0 radical (unpaired) electrons. The molecule has 6 heteroatoms. The summed E-state index contributed by atoms with van der Waals surface area (Å²) < 4.78 is 23.6. The minimum absolute atomic E-state index is 0.219. The van der Waals surface area contributed by atoms with Gasteiger partial charge in [-0.3, -0.25) is 0 Å². The summed E-state index contributed by atoms with van der Waals surface area (Å²) in [7, 11) is -3.34. The Labute approximate surface area is 128 Å². The van der Waals surface area contributed by atoms with Crippen molar-refractivity contribution < 1.29 is 8.42 Å². The van der Waals surface area contributed by atoms with Crippen LogP contribution in [0, 0.1) is 11.3 Å². The molecule has 0 amide bonds.